The van der Waals surface area contributed by atoms with Crippen molar-refractivity contribution in [1.82, 2.24) is 0 Å². The van der Waals surface area contributed by atoms with E-state index >= 15 is 0 Å². The van der Waals surface area contributed by atoms with Crippen molar-refractivity contribution in [3.8, 4) is 11.5 Å². The first-order valence-corrected chi connectivity index (χ1v) is 18.1. The Hall–Kier alpha value is -1.07. The first kappa shape index (κ1) is 23.0. The molecule has 0 fully saturated rings. The fourth-order valence-electron chi connectivity index (χ4n) is 3.41. The van der Waals surface area contributed by atoms with E-state index in [4.69, 9.17) is 15.0 Å². The van der Waals surface area contributed by atoms with Gasteiger partial charge in [-0.3, -0.25) is 0 Å². The molecule has 0 amide bonds. The summed E-state index contributed by atoms with van der Waals surface area (Å²) >= 11 is -2.41. The van der Waals surface area contributed by atoms with Crippen LogP contribution in [0.1, 0.15) is 59.3 Å². The van der Waals surface area contributed by atoms with Gasteiger partial charge in [0, 0.05) is 0 Å². The van der Waals surface area contributed by atoms with Crippen LogP contribution in [0, 0.1) is 0 Å². The molecule has 0 aliphatic carbocycles. The number of azide groups is 1. The average Bonchev–Trinajstić information content (AvgIpc) is 2.67. The third-order valence-electron chi connectivity index (χ3n) is 5.04. The molecule has 0 aliphatic rings. The van der Waals surface area contributed by atoms with Gasteiger partial charge in [-0.05, 0) is 0 Å². The van der Waals surface area contributed by atoms with Gasteiger partial charge in [0.2, 0.25) is 0 Å². The van der Waals surface area contributed by atoms with Gasteiger partial charge in [-0.1, -0.05) is 0 Å². The molecule has 1 aromatic carbocycles. The van der Waals surface area contributed by atoms with Crippen LogP contribution in [-0.2, 0) is 0 Å². The van der Waals surface area contributed by atoms with E-state index in [1.54, 1.807) is 13.2 Å². The molecule has 0 aliphatic heterocycles. The van der Waals surface area contributed by atoms with Crippen LogP contribution < -0.4 is 9.47 Å². The van der Waals surface area contributed by atoms with Crippen LogP contribution in [0.4, 0.5) is 5.69 Å². The molecule has 5 nitrogen and oxygen atoms in total. The summed E-state index contributed by atoms with van der Waals surface area (Å²) in [6.07, 6.45) is 7.66. The summed E-state index contributed by atoms with van der Waals surface area (Å²) in [7, 11) is 1.63. The van der Waals surface area contributed by atoms with Crippen LogP contribution in [0.5, 0.6) is 11.5 Å². The number of unbranched alkanes of at least 4 members (excludes halogenated alkanes) is 3. The van der Waals surface area contributed by atoms with Crippen LogP contribution in [0.15, 0.2) is 23.3 Å². The summed E-state index contributed by atoms with van der Waals surface area (Å²) in [5.41, 5.74) is 9.38. The van der Waals surface area contributed by atoms with Crippen molar-refractivity contribution in [3.05, 3.63) is 28.6 Å². The van der Waals surface area contributed by atoms with Crippen molar-refractivity contribution in [2.75, 3.05) is 11.7 Å². The second-order valence-corrected chi connectivity index (χ2v) is 20.8. The second-order valence-electron chi connectivity index (χ2n) is 7.10. The van der Waals surface area contributed by atoms with Gasteiger partial charge in [0.1, 0.15) is 0 Å². The molecule has 0 atom stereocenters. The molecule has 0 N–H and O–H groups in total. The topological polar surface area (TPSA) is 67.2 Å². The van der Waals surface area contributed by atoms with Crippen molar-refractivity contribution < 1.29 is 9.47 Å². The van der Waals surface area contributed by atoms with Gasteiger partial charge >= 0.3 is 163 Å². The molecular formula is C20H35N3O2Sn. The number of nitrogens with zero attached hydrogens (tertiary/aromatic N) is 3. The van der Waals surface area contributed by atoms with Crippen molar-refractivity contribution in [2.45, 2.75) is 72.6 Å². The number of hydrogen-bond donors (Lipinski definition) is 0. The van der Waals surface area contributed by atoms with Gasteiger partial charge in [-0.2, -0.15) is 0 Å². The quantitative estimate of drug-likeness (QED) is 0.124. The van der Waals surface area contributed by atoms with Crippen molar-refractivity contribution in [1.29, 1.82) is 0 Å². The Balaban J connectivity index is 3.08. The number of hydrogen-bond acceptors (Lipinski definition) is 3. The average molecular weight is 468 g/mol. The van der Waals surface area contributed by atoms with Gasteiger partial charge in [-0.25, -0.2) is 0 Å². The van der Waals surface area contributed by atoms with E-state index in [1.807, 2.05) is 12.1 Å². The number of para-hydroxylation sites is 1. The fourth-order valence-corrected chi connectivity index (χ4v) is 17.5. The number of methoxy groups -OCH3 is 1. The minimum absolute atomic E-state index is 0.522. The molecule has 1 aromatic rings. The zero-order valence-electron chi connectivity index (χ0n) is 17.0. The molecular weight excluding hydrogens is 433 g/mol. The Morgan fingerprint density at radius 3 is 2.04 bits per heavy atom. The van der Waals surface area contributed by atoms with Gasteiger partial charge in [0.25, 0.3) is 0 Å². The predicted molar refractivity (Wildman–Crippen MR) is 112 cm³/mol. The Kier molecular flexibility index (Phi) is 11.6. The summed E-state index contributed by atoms with van der Waals surface area (Å²) in [4.78, 5) is 2.94. The Morgan fingerprint density at radius 2 is 1.58 bits per heavy atom. The molecule has 26 heavy (non-hydrogen) atoms. The maximum atomic E-state index is 8.86. The van der Waals surface area contributed by atoms with Gasteiger partial charge in [0.15, 0.2) is 0 Å². The molecule has 0 radical (unpaired) electrons. The molecule has 0 aromatic heterocycles. The van der Waals surface area contributed by atoms with Crippen LogP contribution in [0.3, 0.4) is 0 Å². The van der Waals surface area contributed by atoms with Gasteiger partial charge in [-0.15, -0.1) is 0 Å². The molecule has 6 heteroatoms. The van der Waals surface area contributed by atoms with Gasteiger partial charge < -0.3 is 0 Å². The van der Waals surface area contributed by atoms with E-state index in [0.29, 0.717) is 17.2 Å². The maximum absolute atomic E-state index is 8.86. The minimum atomic E-state index is -2.41. The molecule has 0 bridgehead atoms. The number of ether oxygens (including phenoxy) is 2. The van der Waals surface area contributed by atoms with E-state index in [-0.39, 0.29) is 0 Å². The SMILES string of the molecule is CCC[CH2][Sn]([CH2]CCC)([CH2]CCC)[CH2]Oc1c(N=[N+]=[N-])cccc1OC. The van der Waals surface area contributed by atoms with Crippen LogP contribution in [0.2, 0.25) is 13.3 Å². The number of rotatable bonds is 14. The Labute approximate surface area is 163 Å². The molecule has 0 spiro atoms. The molecule has 1 rings (SSSR count). The summed E-state index contributed by atoms with van der Waals surface area (Å²) in [6.45, 7) is 6.82. The Morgan fingerprint density at radius 1 is 1.00 bits per heavy atom. The summed E-state index contributed by atoms with van der Waals surface area (Å²) in [5.74, 6) is 1.26. The van der Waals surface area contributed by atoms with Crippen molar-refractivity contribution >= 4 is 24.1 Å². The predicted octanol–water partition coefficient (Wildman–Crippen LogP) is 7.40. The van der Waals surface area contributed by atoms with Crippen LogP contribution >= 0.6 is 0 Å². The summed E-state index contributed by atoms with van der Waals surface area (Å²) < 4.78 is 16.8. The third kappa shape index (κ3) is 7.28. The zero-order valence-corrected chi connectivity index (χ0v) is 19.8. The van der Waals surface area contributed by atoms with E-state index in [2.05, 4.69) is 30.8 Å². The van der Waals surface area contributed by atoms with Crippen LogP contribution in [-0.4, -0.2) is 30.1 Å². The van der Waals surface area contributed by atoms with E-state index in [1.165, 1.54) is 51.8 Å². The summed E-state index contributed by atoms with van der Waals surface area (Å²) in [5, 5.41) is 3.80. The molecule has 0 heterocycles. The van der Waals surface area contributed by atoms with E-state index in [0.717, 1.165) is 4.62 Å². The molecule has 0 saturated carbocycles. The summed E-state index contributed by atoms with van der Waals surface area (Å²) in [6, 6.07) is 5.49. The number of benzene rings is 1. The zero-order chi connectivity index (χ0) is 19.3. The fraction of sp³-hybridized carbons (Fsp3) is 0.700. The first-order valence-electron chi connectivity index (χ1n) is 10.0. The van der Waals surface area contributed by atoms with Crippen molar-refractivity contribution in [3.63, 3.8) is 0 Å². The van der Waals surface area contributed by atoms with Crippen LogP contribution in [0.25, 0.3) is 10.4 Å². The molecule has 0 saturated heterocycles. The van der Waals surface area contributed by atoms with E-state index < -0.39 is 18.4 Å². The van der Waals surface area contributed by atoms with E-state index in [9.17, 15) is 0 Å². The monoisotopic (exact) mass is 469 g/mol. The molecule has 0 unspecified atom stereocenters. The normalized spacial score (nSPS) is 11.1. The van der Waals surface area contributed by atoms with Gasteiger partial charge in [0.05, 0.1) is 0 Å². The third-order valence-corrected chi connectivity index (χ3v) is 19.3. The standard InChI is InChI=1S/C8H8N3O2.3C4H9.Sn/c1-12-7-5-3-4-6(10-11-9)8(7)13-2;3*1-3-4-2;/h3-5H,2H2,1H3;3*1,3-4H2,2H3;. The molecule has 146 valence electrons. The first-order chi connectivity index (χ1) is 12.7. The second kappa shape index (κ2) is 13.2. The van der Waals surface area contributed by atoms with Crippen molar-refractivity contribution in [2.24, 2.45) is 5.11 Å². The Bertz CT molecular complexity index is 552.